The van der Waals surface area contributed by atoms with E-state index in [0.29, 0.717) is 5.92 Å². The second-order valence-corrected chi connectivity index (χ2v) is 10.4. The molecule has 2 unspecified atom stereocenters. The van der Waals surface area contributed by atoms with Crippen molar-refractivity contribution in [3.8, 4) is 28.0 Å². The predicted octanol–water partition coefficient (Wildman–Crippen LogP) is 10.3. The summed E-state index contributed by atoms with van der Waals surface area (Å²) in [7, 11) is 0. The Hall–Kier alpha value is -3.52. The van der Waals surface area contributed by atoms with Crippen LogP contribution in [0.1, 0.15) is 63.6 Å². The number of ether oxygens (including phenoxy) is 2. The van der Waals surface area contributed by atoms with Crippen LogP contribution in [0.3, 0.4) is 0 Å². The van der Waals surface area contributed by atoms with Gasteiger partial charge in [-0.25, -0.2) is 0 Å². The van der Waals surface area contributed by atoms with Gasteiger partial charge in [0.05, 0.1) is 0 Å². The van der Waals surface area contributed by atoms with E-state index in [1.54, 1.807) is 12.5 Å². The Morgan fingerprint density at radius 3 is 2.13 bits per heavy atom. The number of hydrogen-bond acceptors (Lipinski definition) is 2. The average Bonchev–Trinajstić information content (AvgIpc) is 2.92. The van der Waals surface area contributed by atoms with E-state index in [4.69, 9.17) is 9.47 Å². The molecule has 0 N–H and O–H groups in total. The molecule has 0 saturated carbocycles. The zero-order valence-corrected chi connectivity index (χ0v) is 23.9. The maximum absolute atomic E-state index is 6.00. The summed E-state index contributed by atoms with van der Waals surface area (Å²) in [4.78, 5) is 0. The van der Waals surface area contributed by atoms with E-state index in [2.05, 4.69) is 94.6 Å². The third-order valence-electron chi connectivity index (χ3n) is 7.12. The zero-order valence-electron chi connectivity index (χ0n) is 23.9. The second-order valence-electron chi connectivity index (χ2n) is 10.4. The predicted molar refractivity (Wildman–Crippen MR) is 163 cm³/mol. The Labute approximate surface area is 230 Å². The summed E-state index contributed by atoms with van der Waals surface area (Å²) in [6.07, 6.45) is 11.1. The molecule has 0 aromatic heterocycles. The minimum absolute atomic E-state index is 0.0509. The molecule has 3 aromatic carbocycles. The number of aryl methyl sites for hydroxylation is 2. The first-order valence-corrected chi connectivity index (χ1v) is 13.9. The van der Waals surface area contributed by atoms with E-state index in [9.17, 15) is 0 Å². The highest BCUT2D eigenvalue weighted by Crippen LogP contribution is 2.34. The van der Waals surface area contributed by atoms with Crippen molar-refractivity contribution >= 4 is 0 Å². The van der Waals surface area contributed by atoms with E-state index in [1.807, 2.05) is 19.9 Å². The summed E-state index contributed by atoms with van der Waals surface area (Å²) in [6, 6.07) is 22.3. The van der Waals surface area contributed by atoms with Crippen LogP contribution in [-0.4, -0.2) is 6.10 Å². The molecule has 3 aromatic rings. The number of rotatable bonds is 14. The van der Waals surface area contributed by atoms with E-state index >= 15 is 0 Å². The van der Waals surface area contributed by atoms with Crippen LogP contribution in [0.15, 0.2) is 98.0 Å². The minimum Gasteiger partial charge on any atom is -0.491 e. The lowest BCUT2D eigenvalue weighted by atomic mass is 9.90. The molecule has 0 saturated heterocycles. The molecule has 0 amide bonds. The number of unbranched alkanes of at least 4 members (excludes halogenated alkanes) is 2. The van der Waals surface area contributed by atoms with E-state index in [1.165, 1.54) is 52.6 Å². The molecule has 0 bridgehead atoms. The Morgan fingerprint density at radius 2 is 1.53 bits per heavy atom. The molecule has 0 radical (unpaired) electrons. The van der Waals surface area contributed by atoms with Gasteiger partial charge in [0.15, 0.2) is 0 Å². The largest absolute Gasteiger partial charge is 0.491 e. The Morgan fingerprint density at radius 1 is 0.895 bits per heavy atom. The van der Waals surface area contributed by atoms with Gasteiger partial charge in [-0.3, -0.25) is 0 Å². The van der Waals surface area contributed by atoms with Crippen molar-refractivity contribution in [2.24, 2.45) is 5.92 Å². The first-order chi connectivity index (χ1) is 18.3. The summed E-state index contributed by atoms with van der Waals surface area (Å²) in [6.45, 7) is 18.4. The maximum atomic E-state index is 6.00. The molecule has 0 aliphatic carbocycles. The van der Waals surface area contributed by atoms with Crippen LogP contribution in [0.5, 0.6) is 5.75 Å². The van der Waals surface area contributed by atoms with Crippen molar-refractivity contribution in [1.29, 1.82) is 0 Å². The monoisotopic (exact) mass is 508 g/mol. The van der Waals surface area contributed by atoms with Crippen molar-refractivity contribution in [3.63, 3.8) is 0 Å². The highest BCUT2D eigenvalue weighted by molar-refractivity contribution is 5.74. The highest BCUT2D eigenvalue weighted by Gasteiger charge is 2.13. The van der Waals surface area contributed by atoms with E-state index in [-0.39, 0.29) is 6.10 Å². The van der Waals surface area contributed by atoms with E-state index < -0.39 is 0 Å². The molecule has 0 fully saturated rings. The van der Waals surface area contributed by atoms with Crippen LogP contribution in [0.4, 0.5) is 0 Å². The van der Waals surface area contributed by atoms with Gasteiger partial charge in [-0.15, -0.1) is 6.58 Å². The topological polar surface area (TPSA) is 18.5 Å². The van der Waals surface area contributed by atoms with Gasteiger partial charge < -0.3 is 9.47 Å². The Kier molecular flexibility index (Phi) is 11.0. The summed E-state index contributed by atoms with van der Waals surface area (Å²) in [5, 5.41) is 0. The van der Waals surface area contributed by atoms with E-state index in [0.717, 1.165) is 29.7 Å². The number of allylic oxidation sites excluding steroid dienone is 1. The molecule has 200 valence electrons. The first kappa shape index (κ1) is 29.0. The lowest BCUT2D eigenvalue weighted by Gasteiger charge is -2.17. The molecule has 0 aliphatic heterocycles. The van der Waals surface area contributed by atoms with Crippen molar-refractivity contribution in [2.75, 3.05) is 0 Å². The average molecular weight is 509 g/mol. The fourth-order valence-electron chi connectivity index (χ4n) is 4.40. The summed E-state index contributed by atoms with van der Waals surface area (Å²) in [5.41, 5.74) is 9.61. The van der Waals surface area contributed by atoms with Gasteiger partial charge in [0, 0.05) is 0 Å². The van der Waals surface area contributed by atoms with Crippen LogP contribution in [0.25, 0.3) is 22.3 Å². The Bertz CT molecular complexity index is 1220. The normalized spacial score (nSPS) is 12.8. The van der Waals surface area contributed by atoms with Crippen LogP contribution >= 0.6 is 0 Å². The standard InChI is InChI=1S/C36H44O2/c1-8-10-11-12-30-13-15-31(16-14-30)32-17-19-33(20-18-32)35-25-36(38-22-21-37-29(7)26(3)4)28(6)24-34(35)23-27(5)9-2/h9,13-22,24-25,27,29H,2-3,8,10-12,23H2,1,4-7H3/b22-21+. The third-order valence-corrected chi connectivity index (χ3v) is 7.12. The quantitative estimate of drug-likeness (QED) is 0.122. The molecular formula is C36H44O2. The molecule has 2 nitrogen and oxygen atoms in total. The van der Waals surface area contributed by atoms with Crippen LogP contribution in [0, 0.1) is 12.8 Å². The fourth-order valence-corrected chi connectivity index (χ4v) is 4.40. The Balaban J connectivity index is 1.84. The van der Waals surface area contributed by atoms with Crippen molar-refractivity contribution in [1.82, 2.24) is 0 Å². The first-order valence-electron chi connectivity index (χ1n) is 13.9. The number of hydrogen-bond donors (Lipinski definition) is 0. The lowest BCUT2D eigenvalue weighted by Crippen LogP contribution is -2.04. The SMILES string of the molecule is C=CC(C)Cc1cc(C)c(O/C=C/OC(C)C(=C)C)cc1-c1ccc(-c2ccc(CCCCC)cc2)cc1. The van der Waals surface area contributed by atoms with Crippen molar-refractivity contribution < 1.29 is 9.47 Å². The fraction of sp³-hybridized carbons (Fsp3) is 0.333. The van der Waals surface area contributed by atoms with Gasteiger partial charge >= 0.3 is 0 Å². The smallest absolute Gasteiger partial charge is 0.130 e. The maximum Gasteiger partial charge on any atom is 0.130 e. The molecule has 0 heterocycles. The van der Waals surface area contributed by atoms with Gasteiger partial charge in [0.1, 0.15) is 24.4 Å². The highest BCUT2D eigenvalue weighted by atomic mass is 16.5. The molecule has 3 rings (SSSR count). The molecule has 38 heavy (non-hydrogen) atoms. The summed E-state index contributed by atoms with van der Waals surface area (Å²) < 4.78 is 11.6. The molecule has 0 spiro atoms. The van der Waals surface area contributed by atoms with Gasteiger partial charge in [-0.05, 0) is 96.5 Å². The van der Waals surface area contributed by atoms with Crippen molar-refractivity contribution in [2.45, 2.75) is 72.8 Å². The van der Waals surface area contributed by atoms with Crippen LogP contribution < -0.4 is 4.74 Å². The lowest BCUT2D eigenvalue weighted by molar-refractivity contribution is 0.187. The van der Waals surface area contributed by atoms with Crippen molar-refractivity contribution in [3.05, 3.63) is 115 Å². The van der Waals surface area contributed by atoms with Crippen LogP contribution in [0.2, 0.25) is 0 Å². The number of benzene rings is 3. The van der Waals surface area contributed by atoms with Gasteiger partial charge in [0.25, 0.3) is 0 Å². The van der Waals surface area contributed by atoms with Crippen LogP contribution in [-0.2, 0) is 17.6 Å². The van der Waals surface area contributed by atoms with Gasteiger partial charge in [0.2, 0.25) is 0 Å². The third kappa shape index (κ3) is 8.25. The second kappa shape index (κ2) is 14.4. The minimum atomic E-state index is -0.0509. The van der Waals surface area contributed by atoms with Gasteiger partial charge in [-0.1, -0.05) is 93.9 Å². The molecule has 2 atom stereocenters. The molecule has 2 heteroatoms. The van der Waals surface area contributed by atoms with Gasteiger partial charge in [-0.2, -0.15) is 0 Å². The molecule has 0 aliphatic rings. The summed E-state index contributed by atoms with van der Waals surface area (Å²) >= 11 is 0. The summed E-state index contributed by atoms with van der Waals surface area (Å²) in [5.74, 6) is 1.20. The molecular weight excluding hydrogens is 464 g/mol. The zero-order chi connectivity index (χ0) is 27.5.